The van der Waals surface area contributed by atoms with E-state index in [1.54, 1.807) is 6.20 Å². The lowest BCUT2D eigenvalue weighted by atomic mass is 10.1. The summed E-state index contributed by atoms with van der Waals surface area (Å²) in [6, 6.07) is 6.60. The van der Waals surface area contributed by atoms with Crippen molar-refractivity contribution in [2.24, 2.45) is 0 Å². The molecule has 1 atom stereocenters. The van der Waals surface area contributed by atoms with Gasteiger partial charge in [0.25, 0.3) is 0 Å². The van der Waals surface area contributed by atoms with Gasteiger partial charge in [-0.2, -0.15) is 5.10 Å². The lowest BCUT2D eigenvalue weighted by Gasteiger charge is -2.35. The van der Waals surface area contributed by atoms with Crippen molar-refractivity contribution in [1.29, 1.82) is 0 Å². The van der Waals surface area contributed by atoms with E-state index >= 15 is 0 Å². The number of aromatic amines is 1. The monoisotopic (exact) mass is 364 g/mol. The Hall–Kier alpha value is -2.67. The summed E-state index contributed by atoms with van der Waals surface area (Å²) in [6.45, 7) is 6.72. The third-order valence-electron chi connectivity index (χ3n) is 5.56. The minimum absolute atomic E-state index is 0.308. The number of nitrogens with zero attached hydrogens (tertiary/aromatic N) is 5. The topological polar surface area (TPSA) is 70.2 Å². The average molecular weight is 364 g/mol. The lowest BCUT2D eigenvalue weighted by molar-refractivity contribution is 0.0986. The molecule has 3 aromatic heterocycles. The molecule has 0 saturated carbocycles. The number of H-pyrrole nitrogens is 1. The van der Waals surface area contributed by atoms with Crippen LogP contribution in [0.5, 0.6) is 0 Å². The Balaban J connectivity index is 1.72. The van der Waals surface area contributed by atoms with E-state index in [2.05, 4.69) is 44.0 Å². The molecule has 5 heterocycles. The molecule has 2 aliphatic heterocycles. The second-order valence-corrected chi connectivity index (χ2v) is 7.34. The Bertz CT molecular complexity index is 935. The van der Waals surface area contributed by atoms with Crippen LogP contribution in [0.4, 0.5) is 11.5 Å². The van der Waals surface area contributed by atoms with Crippen molar-refractivity contribution >= 4 is 22.4 Å². The standard InChI is InChI=1S/C20H24N6O/c1-14-13-27-11-10-26(14)18-12-17(25-8-2-3-9-25)15-4-6-21-20(19(15)23-18)16-5-7-22-24-16/h4-7,12,14H,2-3,8-11,13H2,1H3,(H,22,24). The van der Waals surface area contributed by atoms with Gasteiger partial charge in [-0.25, -0.2) is 4.98 Å². The Morgan fingerprint density at radius 3 is 2.81 bits per heavy atom. The van der Waals surface area contributed by atoms with E-state index < -0.39 is 0 Å². The van der Waals surface area contributed by atoms with Gasteiger partial charge in [0.1, 0.15) is 17.0 Å². The number of pyridine rings is 2. The Morgan fingerprint density at radius 1 is 1.15 bits per heavy atom. The van der Waals surface area contributed by atoms with Gasteiger partial charge in [0.05, 0.1) is 24.9 Å². The molecule has 1 N–H and O–H groups in total. The van der Waals surface area contributed by atoms with Crippen molar-refractivity contribution in [1.82, 2.24) is 20.2 Å². The molecule has 140 valence electrons. The van der Waals surface area contributed by atoms with E-state index in [1.807, 2.05) is 12.3 Å². The first kappa shape index (κ1) is 16.5. The quantitative estimate of drug-likeness (QED) is 0.771. The predicted molar refractivity (Wildman–Crippen MR) is 106 cm³/mol. The molecule has 7 heteroatoms. The van der Waals surface area contributed by atoms with E-state index in [0.29, 0.717) is 6.04 Å². The molecule has 0 aromatic carbocycles. The van der Waals surface area contributed by atoms with E-state index in [0.717, 1.165) is 61.0 Å². The summed E-state index contributed by atoms with van der Waals surface area (Å²) in [6.07, 6.45) is 6.11. The molecular formula is C20H24N6O. The Morgan fingerprint density at radius 2 is 2.04 bits per heavy atom. The van der Waals surface area contributed by atoms with Crippen LogP contribution in [0, 0.1) is 0 Å². The minimum atomic E-state index is 0.308. The van der Waals surface area contributed by atoms with Gasteiger partial charge in [-0.1, -0.05) is 0 Å². The van der Waals surface area contributed by atoms with Crippen LogP contribution in [0.15, 0.2) is 30.6 Å². The number of ether oxygens (including phenoxy) is 1. The number of aromatic nitrogens is 4. The first-order valence-corrected chi connectivity index (χ1v) is 9.70. The van der Waals surface area contributed by atoms with Crippen LogP contribution in [0.25, 0.3) is 22.3 Å². The molecular weight excluding hydrogens is 340 g/mol. The highest BCUT2D eigenvalue weighted by molar-refractivity contribution is 6.00. The number of morpholine rings is 1. The summed E-state index contributed by atoms with van der Waals surface area (Å²) in [5, 5.41) is 8.30. The highest BCUT2D eigenvalue weighted by atomic mass is 16.5. The summed E-state index contributed by atoms with van der Waals surface area (Å²) in [7, 11) is 0. The zero-order chi connectivity index (χ0) is 18.2. The molecule has 0 bridgehead atoms. The molecule has 1 unspecified atom stereocenters. The third-order valence-corrected chi connectivity index (χ3v) is 5.56. The second kappa shape index (κ2) is 6.81. The molecule has 0 aliphatic carbocycles. The summed E-state index contributed by atoms with van der Waals surface area (Å²) in [5.41, 5.74) is 3.94. The number of fused-ring (bicyclic) bond motifs is 1. The molecule has 7 nitrogen and oxygen atoms in total. The minimum Gasteiger partial charge on any atom is -0.377 e. The zero-order valence-electron chi connectivity index (χ0n) is 15.6. The SMILES string of the molecule is CC1COCCN1c1cc(N2CCCC2)c2ccnc(-c3ccn[nH]3)c2n1. The summed E-state index contributed by atoms with van der Waals surface area (Å²) in [4.78, 5) is 14.5. The smallest absolute Gasteiger partial charge is 0.131 e. The largest absolute Gasteiger partial charge is 0.377 e. The van der Waals surface area contributed by atoms with E-state index in [-0.39, 0.29) is 0 Å². The Labute approximate surface area is 158 Å². The molecule has 3 aromatic rings. The van der Waals surface area contributed by atoms with Crippen LogP contribution in [0.1, 0.15) is 19.8 Å². The molecule has 0 amide bonds. The van der Waals surface area contributed by atoms with Crippen LogP contribution >= 0.6 is 0 Å². The zero-order valence-corrected chi connectivity index (χ0v) is 15.6. The summed E-state index contributed by atoms with van der Waals surface area (Å²) in [5.74, 6) is 1.01. The van der Waals surface area contributed by atoms with Crippen LogP contribution in [-0.2, 0) is 4.74 Å². The lowest BCUT2D eigenvalue weighted by Crippen LogP contribution is -2.44. The van der Waals surface area contributed by atoms with Crippen molar-refractivity contribution in [2.45, 2.75) is 25.8 Å². The van der Waals surface area contributed by atoms with Crippen molar-refractivity contribution in [3.8, 4) is 11.4 Å². The first-order chi connectivity index (χ1) is 13.3. The maximum Gasteiger partial charge on any atom is 0.131 e. The molecule has 2 saturated heterocycles. The van der Waals surface area contributed by atoms with Gasteiger partial charge in [-0.3, -0.25) is 10.1 Å². The van der Waals surface area contributed by atoms with Gasteiger partial charge >= 0.3 is 0 Å². The molecule has 27 heavy (non-hydrogen) atoms. The number of hydrogen-bond acceptors (Lipinski definition) is 6. The summed E-state index contributed by atoms with van der Waals surface area (Å²) >= 11 is 0. The fourth-order valence-electron chi connectivity index (χ4n) is 4.14. The highest BCUT2D eigenvalue weighted by Crippen LogP contribution is 2.36. The number of anilines is 2. The maximum absolute atomic E-state index is 5.63. The van der Waals surface area contributed by atoms with Gasteiger partial charge in [0, 0.05) is 49.2 Å². The molecule has 0 radical (unpaired) electrons. The molecule has 2 aliphatic rings. The predicted octanol–water partition coefficient (Wildman–Crippen LogP) is 2.85. The molecule has 5 rings (SSSR count). The van der Waals surface area contributed by atoms with Crippen LogP contribution < -0.4 is 9.80 Å². The summed E-state index contributed by atoms with van der Waals surface area (Å²) < 4.78 is 5.63. The molecule has 0 spiro atoms. The first-order valence-electron chi connectivity index (χ1n) is 9.70. The van der Waals surface area contributed by atoms with Crippen molar-refractivity contribution in [2.75, 3.05) is 42.6 Å². The van der Waals surface area contributed by atoms with E-state index in [4.69, 9.17) is 9.72 Å². The number of rotatable bonds is 3. The van der Waals surface area contributed by atoms with Crippen molar-refractivity contribution < 1.29 is 4.74 Å². The highest BCUT2D eigenvalue weighted by Gasteiger charge is 2.24. The van der Waals surface area contributed by atoms with E-state index in [1.165, 1.54) is 18.5 Å². The fourth-order valence-corrected chi connectivity index (χ4v) is 4.14. The normalized spacial score (nSPS) is 20.6. The van der Waals surface area contributed by atoms with Gasteiger partial charge in [0.2, 0.25) is 0 Å². The maximum atomic E-state index is 5.63. The molecule has 2 fully saturated rings. The van der Waals surface area contributed by atoms with Gasteiger partial charge < -0.3 is 14.5 Å². The van der Waals surface area contributed by atoms with Crippen LogP contribution in [-0.4, -0.2) is 59.1 Å². The van der Waals surface area contributed by atoms with E-state index in [9.17, 15) is 0 Å². The van der Waals surface area contributed by atoms with Gasteiger partial charge in [-0.05, 0) is 31.9 Å². The van der Waals surface area contributed by atoms with Gasteiger partial charge in [0.15, 0.2) is 0 Å². The number of nitrogens with one attached hydrogen (secondary N) is 1. The van der Waals surface area contributed by atoms with Crippen LogP contribution in [0.2, 0.25) is 0 Å². The fraction of sp³-hybridized carbons (Fsp3) is 0.450. The second-order valence-electron chi connectivity index (χ2n) is 7.34. The van der Waals surface area contributed by atoms with Crippen LogP contribution in [0.3, 0.4) is 0 Å². The van der Waals surface area contributed by atoms with Crippen molar-refractivity contribution in [3.63, 3.8) is 0 Å². The Kier molecular flexibility index (Phi) is 4.16. The van der Waals surface area contributed by atoms with Gasteiger partial charge in [-0.15, -0.1) is 0 Å². The third kappa shape index (κ3) is 2.92. The number of hydrogen-bond donors (Lipinski definition) is 1. The average Bonchev–Trinajstić information content (AvgIpc) is 3.41. The van der Waals surface area contributed by atoms with Crippen molar-refractivity contribution in [3.05, 3.63) is 30.6 Å².